The maximum atomic E-state index is 5.45. The first kappa shape index (κ1) is 14.7. The second-order valence-electron chi connectivity index (χ2n) is 5.30. The highest BCUT2D eigenvalue weighted by Gasteiger charge is 2.24. The zero-order chi connectivity index (χ0) is 14.7. The Balaban J connectivity index is 1.76. The number of thioether (sulfide) groups is 1. The van der Waals surface area contributed by atoms with Crippen LogP contribution in [0.2, 0.25) is 0 Å². The van der Waals surface area contributed by atoms with Gasteiger partial charge in [0, 0.05) is 25.0 Å². The summed E-state index contributed by atoms with van der Waals surface area (Å²) in [5.41, 5.74) is 0. The topological polar surface area (TPSA) is 53.1 Å². The van der Waals surface area contributed by atoms with Crippen LogP contribution >= 0.6 is 11.8 Å². The van der Waals surface area contributed by atoms with Crippen LogP contribution < -0.4 is 0 Å². The second-order valence-corrected chi connectivity index (χ2v) is 6.64. The van der Waals surface area contributed by atoms with E-state index >= 15 is 0 Å². The predicted molar refractivity (Wildman–Crippen MR) is 82.3 cm³/mol. The largest absolute Gasteiger partial charge is 0.461 e. The van der Waals surface area contributed by atoms with Crippen LogP contribution in [-0.2, 0) is 11.3 Å². The van der Waals surface area contributed by atoms with Crippen molar-refractivity contribution >= 4 is 11.8 Å². The first-order chi connectivity index (χ1) is 10.3. The fourth-order valence-corrected chi connectivity index (χ4v) is 3.92. The van der Waals surface area contributed by atoms with Gasteiger partial charge in [-0.25, -0.2) is 0 Å². The molecule has 5 nitrogen and oxygen atoms in total. The maximum absolute atomic E-state index is 5.45. The molecule has 0 bridgehead atoms. The van der Waals surface area contributed by atoms with Gasteiger partial charge in [-0.1, -0.05) is 18.7 Å². The highest BCUT2D eigenvalue weighted by Crippen LogP contribution is 2.33. The van der Waals surface area contributed by atoms with E-state index in [1.807, 2.05) is 23.9 Å². The Morgan fingerprint density at radius 3 is 2.86 bits per heavy atom. The lowest BCUT2D eigenvalue weighted by Gasteiger charge is -2.26. The van der Waals surface area contributed by atoms with Gasteiger partial charge in [-0.15, -0.1) is 10.2 Å². The van der Waals surface area contributed by atoms with Gasteiger partial charge in [0.2, 0.25) is 0 Å². The minimum absolute atomic E-state index is 0.521. The summed E-state index contributed by atoms with van der Waals surface area (Å²) in [4.78, 5) is 0. The number of ether oxygens (including phenoxy) is 1. The van der Waals surface area contributed by atoms with E-state index in [4.69, 9.17) is 9.15 Å². The third-order valence-corrected chi connectivity index (χ3v) is 5.27. The number of furan rings is 1. The average molecular weight is 307 g/mol. The fraction of sp³-hybridized carbons (Fsp3) is 0.600. The highest BCUT2D eigenvalue weighted by atomic mass is 32.2. The molecule has 0 radical (unpaired) electrons. The summed E-state index contributed by atoms with van der Waals surface area (Å²) in [5, 5.41) is 10.2. The van der Waals surface area contributed by atoms with Crippen molar-refractivity contribution in [2.75, 3.05) is 13.2 Å². The van der Waals surface area contributed by atoms with Gasteiger partial charge in [-0.3, -0.25) is 4.57 Å². The standard InChI is InChI=1S/C15H21N3O2S/c1-3-18-14(13-5-4-8-20-13)16-17-15(18)21-11(2)12-6-9-19-10-7-12/h4-5,8,11-12H,3,6-7,9-10H2,1-2H3. The van der Waals surface area contributed by atoms with Crippen molar-refractivity contribution in [3.8, 4) is 11.6 Å². The average Bonchev–Trinajstić information content (AvgIpc) is 3.16. The van der Waals surface area contributed by atoms with Crippen LogP contribution in [0.1, 0.15) is 26.7 Å². The Morgan fingerprint density at radius 1 is 1.38 bits per heavy atom. The molecule has 3 rings (SSSR count). The Bertz CT molecular complexity index is 561. The summed E-state index contributed by atoms with van der Waals surface area (Å²) >= 11 is 1.81. The number of rotatable bonds is 5. The maximum Gasteiger partial charge on any atom is 0.200 e. The summed E-state index contributed by atoms with van der Waals surface area (Å²) in [6, 6.07) is 3.80. The molecule has 114 valence electrons. The molecule has 1 fully saturated rings. The van der Waals surface area contributed by atoms with Crippen molar-refractivity contribution in [3.05, 3.63) is 18.4 Å². The zero-order valence-electron chi connectivity index (χ0n) is 12.5. The van der Waals surface area contributed by atoms with Gasteiger partial charge in [-0.2, -0.15) is 0 Å². The summed E-state index contributed by atoms with van der Waals surface area (Å²) in [5.74, 6) is 2.27. The lowest BCUT2D eigenvalue weighted by atomic mass is 9.97. The van der Waals surface area contributed by atoms with Gasteiger partial charge in [0.1, 0.15) is 0 Å². The lowest BCUT2D eigenvalue weighted by Crippen LogP contribution is -2.23. The van der Waals surface area contributed by atoms with E-state index in [0.717, 1.165) is 49.3 Å². The van der Waals surface area contributed by atoms with Crippen molar-refractivity contribution in [3.63, 3.8) is 0 Å². The van der Waals surface area contributed by atoms with Crippen LogP contribution in [-0.4, -0.2) is 33.2 Å². The highest BCUT2D eigenvalue weighted by molar-refractivity contribution is 7.99. The van der Waals surface area contributed by atoms with E-state index in [1.165, 1.54) is 0 Å². The number of aromatic nitrogens is 3. The van der Waals surface area contributed by atoms with Crippen molar-refractivity contribution < 1.29 is 9.15 Å². The third-order valence-electron chi connectivity index (χ3n) is 4.00. The number of nitrogens with zero attached hydrogens (tertiary/aromatic N) is 3. The Hall–Kier alpha value is -1.27. The molecular formula is C15H21N3O2S. The van der Waals surface area contributed by atoms with Crippen LogP contribution in [0.15, 0.2) is 28.0 Å². The molecule has 0 N–H and O–H groups in total. The van der Waals surface area contributed by atoms with Gasteiger partial charge in [0.15, 0.2) is 16.7 Å². The summed E-state index contributed by atoms with van der Waals surface area (Å²) in [7, 11) is 0. The van der Waals surface area contributed by atoms with Gasteiger partial charge in [0.05, 0.1) is 6.26 Å². The zero-order valence-corrected chi connectivity index (χ0v) is 13.3. The fourth-order valence-electron chi connectivity index (χ4n) is 2.70. The molecule has 1 aliphatic rings. The Kier molecular flexibility index (Phi) is 4.65. The predicted octanol–water partition coefficient (Wildman–Crippen LogP) is 3.47. The van der Waals surface area contributed by atoms with E-state index in [2.05, 4.69) is 28.6 Å². The van der Waals surface area contributed by atoms with Crippen LogP contribution in [0.5, 0.6) is 0 Å². The summed E-state index contributed by atoms with van der Waals surface area (Å²) in [6.07, 6.45) is 3.94. The summed E-state index contributed by atoms with van der Waals surface area (Å²) in [6.45, 7) is 6.99. The molecule has 1 unspecified atom stereocenters. The molecule has 0 aromatic carbocycles. The quantitative estimate of drug-likeness (QED) is 0.792. The van der Waals surface area contributed by atoms with Gasteiger partial charge < -0.3 is 9.15 Å². The molecule has 0 spiro atoms. The molecular weight excluding hydrogens is 286 g/mol. The van der Waals surface area contributed by atoms with Crippen LogP contribution in [0.3, 0.4) is 0 Å². The van der Waals surface area contributed by atoms with Crippen molar-refractivity contribution in [1.82, 2.24) is 14.8 Å². The van der Waals surface area contributed by atoms with E-state index in [-0.39, 0.29) is 0 Å². The van der Waals surface area contributed by atoms with Crippen LogP contribution in [0.4, 0.5) is 0 Å². The van der Waals surface area contributed by atoms with E-state index < -0.39 is 0 Å². The molecule has 0 saturated carbocycles. The van der Waals surface area contributed by atoms with Crippen molar-refractivity contribution in [2.45, 2.75) is 43.6 Å². The molecule has 1 aliphatic heterocycles. The number of hydrogen-bond acceptors (Lipinski definition) is 5. The monoisotopic (exact) mass is 307 g/mol. The molecule has 1 saturated heterocycles. The van der Waals surface area contributed by atoms with Crippen molar-refractivity contribution in [1.29, 1.82) is 0 Å². The first-order valence-electron chi connectivity index (χ1n) is 7.51. The molecule has 6 heteroatoms. The molecule has 1 atom stereocenters. The minimum atomic E-state index is 0.521. The molecule has 0 amide bonds. The molecule has 3 heterocycles. The van der Waals surface area contributed by atoms with E-state index in [1.54, 1.807) is 6.26 Å². The molecule has 21 heavy (non-hydrogen) atoms. The lowest BCUT2D eigenvalue weighted by molar-refractivity contribution is 0.0669. The molecule has 0 aliphatic carbocycles. The third kappa shape index (κ3) is 3.16. The smallest absolute Gasteiger partial charge is 0.200 e. The van der Waals surface area contributed by atoms with Crippen LogP contribution in [0, 0.1) is 5.92 Å². The van der Waals surface area contributed by atoms with Crippen molar-refractivity contribution in [2.24, 2.45) is 5.92 Å². The molecule has 2 aromatic heterocycles. The van der Waals surface area contributed by atoms with Gasteiger partial charge in [-0.05, 0) is 37.8 Å². The first-order valence-corrected chi connectivity index (χ1v) is 8.39. The van der Waals surface area contributed by atoms with Crippen LogP contribution in [0.25, 0.3) is 11.6 Å². The van der Waals surface area contributed by atoms with E-state index in [9.17, 15) is 0 Å². The SMILES string of the molecule is CCn1c(SC(C)C2CCOCC2)nnc1-c1ccco1. The number of hydrogen-bond donors (Lipinski definition) is 0. The van der Waals surface area contributed by atoms with Gasteiger partial charge in [0.25, 0.3) is 0 Å². The Labute approximate surface area is 129 Å². The Morgan fingerprint density at radius 2 is 2.19 bits per heavy atom. The molecule has 2 aromatic rings. The minimum Gasteiger partial charge on any atom is -0.461 e. The normalized spacial score (nSPS) is 18.0. The van der Waals surface area contributed by atoms with E-state index in [0.29, 0.717) is 11.2 Å². The second kappa shape index (κ2) is 6.66. The van der Waals surface area contributed by atoms with Gasteiger partial charge >= 0.3 is 0 Å². The summed E-state index contributed by atoms with van der Waals surface area (Å²) < 4.78 is 13.0.